The van der Waals surface area contributed by atoms with Crippen LogP contribution in [0.3, 0.4) is 0 Å². The van der Waals surface area contributed by atoms with Crippen molar-refractivity contribution in [3.05, 3.63) is 76.8 Å². The van der Waals surface area contributed by atoms with Crippen LogP contribution in [0.4, 0.5) is 5.69 Å². The zero-order valence-corrected chi connectivity index (χ0v) is 17.8. The Hall–Kier alpha value is -2.80. The fourth-order valence-corrected chi connectivity index (χ4v) is 3.29. The van der Waals surface area contributed by atoms with Gasteiger partial charge >= 0.3 is 0 Å². The normalized spacial score (nSPS) is 14.1. The van der Waals surface area contributed by atoms with Crippen molar-refractivity contribution in [2.45, 2.75) is 0 Å². The maximum absolute atomic E-state index is 12.5. The van der Waals surface area contributed by atoms with Crippen LogP contribution in [0, 0.1) is 0 Å². The number of anilines is 1. The summed E-state index contributed by atoms with van der Waals surface area (Å²) >= 11 is 6.06. The van der Waals surface area contributed by atoms with Gasteiger partial charge in [0.15, 0.2) is 0 Å². The standard InChI is InChI=1S/C22H22ClN3O3.ClH/c23-19-5-2-6-20(16-19)25-11-13-26(14-12-25)22(28)10-8-18-4-1-3-17(15-18)7-9-21(27)24-29;/h1-10,15-16,29H,11-14H2,(H,24,27);1H/b9-7+,10-8+;. The molecule has 1 saturated heterocycles. The van der Waals surface area contributed by atoms with Crippen molar-refractivity contribution in [3.8, 4) is 0 Å². The minimum Gasteiger partial charge on any atom is -0.368 e. The molecule has 2 N–H and O–H groups in total. The van der Waals surface area contributed by atoms with Crippen molar-refractivity contribution in [1.82, 2.24) is 10.4 Å². The van der Waals surface area contributed by atoms with E-state index in [1.54, 1.807) is 23.7 Å². The Morgan fingerprint density at radius 3 is 2.20 bits per heavy atom. The molecule has 8 heteroatoms. The molecule has 0 atom stereocenters. The molecule has 6 nitrogen and oxygen atoms in total. The number of nitrogens with one attached hydrogen (secondary N) is 1. The highest BCUT2D eigenvalue weighted by Gasteiger charge is 2.19. The van der Waals surface area contributed by atoms with Crippen molar-refractivity contribution in [3.63, 3.8) is 0 Å². The molecule has 0 unspecified atom stereocenters. The summed E-state index contributed by atoms with van der Waals surface area (Å²) in [5.74, 6) is -0.630. The summed E-state index contributed by atoms with van der Waals surface area (Å²) < 4.78 is 0. The van der Waals surface area contributed by atoms with Crippen LogP contribution in [-0.4, -0.2) is 48.1 Å². The summed E-state index contributed by atoms with van der Waals surface area (Å²) in [5.41, 5.74) is 4.25. The first kappa shape index (κ1) is 23.5. The quantitative estimate of drug-likeness (QED) is 0.416. The van der Waals surface area contributed by atoms with Gasteiger partial charge in [0.25, 0.3) is 5.91 Å². The lowest BCUT2D eigenvalue weighted by Gasteiger charge is -2.35. The fourth-order valence-electron chi connectivity index (χ4n) is 3.11. The summed E-state index contributed by atoms with van der Waals surface area (Å²) in [6.45, 7) is 2.81. The lowest BCUT2D eigenvalue weighted by atomic mass is 10.1. The number of halogens is 2. The van der Waals surface area contributed by atoms with E-state index < -0.39 is 5.91 Å². The zero-order chi connectivity index (χ0) is 20.6. The van der Waals surface area contributed by atoms with Crippen LogP contribution in [0.25, 0.3) is 12.2 Å². The number of rotatable bonds is 5. The van der Waals surface area contributed by atoms with Gasteiger partial charge < -0.3 is 9.80 Å². The highest BCUT2D eigenvalue weighted by Crippen LogP contribution is 2.21. The third-order valence-electron chi connectivity index (χ3n) is 4.63. The van der Waals surface area contributed by atoms with Gasteiger partial charge in [-0.25, -0.2) is 5.48 Å². The van der Waals surface area contributed by atoms with E-state index in [1.807, 2.05) is 53.4 Å². The summed E-state index contributed by atoms with van der Waals surface area (Å²) in [6, 6.07) is 15.1. The van der Waals surface area contributed by atoms with Crippen LogP contribution in [0.5, 0.6) is 0 Å². The molecule has 2 aromatic rings. The summed E-state index contributed by atoms with van der Waals surface area (Å²) in [6.07, 6.45) is 6.14. The van der Waals surface area contributed by atoms with Crippen molar-refractivity contribution < 1.29 is 14.8 Å². The number of hydrogen-bond acceptors (Lipinski definition) is 4. The number of hydrogen-bond donors (Lipinski definition) is 2. The predicted octanol–water partition coefficient (Wildman–Crippen LogP) is 3.64. The SMILES string of the molecule is Cl.O=C(/C=C/c1cccc(/C=C/C(=O)N2CCN(c3cccc(Cl)c3)CC2)c1)NO. The van der Waals surface area contributed by atoms with Gasteiger partial charge in [0.2, 0.25) is 5.91 Å². The minimum atomic E-state index is -0.599. The summed E-state index contributed by atoms with van der Waals surface area (Å²) in [7, 11) is 0. The van der Waals surface area contributed by atoms with Crippen molar-refractivity contribution in [2.75, 3.05) is 31.1 Å². The molecule has 2 amide bonds. The van der Waals surface area contributed by atoms with E-state index in [9.17, 15) is 9.59 Å². The summed E-state index contributed by atoms with van der Waals surface area (Å²) in [5, 5.41) is 9.22. The van der Waals surface area contributed by atoms with Crippen LogP contribution in [0.2, 0.25) is 5.02 Å². The van der Waals surface area contributed by atoms with Gasteiger partial charge in [0.1, 0.15) is 0 Å². The Kier molecular flexibility index (Phi) is 8.92. The van der Waals surface area contributed by atoms with Crippen LogP contribution in [0.1, 0.15) is 11.1 Å². The van der Waals surface area contributed by atoms with Crippen molar-refractivity contribution >= 4 is 53.7 Å². The molecule has 0 spiro atoms. The number of benzene rings is 2. The van der Waals surface area contributed by atoms with Gasteiger partial charge in [0, 0.05) is 49.0 Å². The Morgan fingerprint density at radius 2 is 1.57 bits per heavy atom. The minimum absolute atomic E-state index is 0. The maximum atomic E-state index is 12.5. The second-order valence-corrected chi connectivity index (χ2v) is 7.04. The van der Waals surface area contributed by atoms with Crippen LogP contribution < -0.4 is 10.4 Å². The molecule has 2 aromatic carbocycles. The number of carbonyl (C=O) groups is 2. The van der Waals surface area contributed by atoms with E-state index in [2.05, 4.69) is 4.90 Å². The largest absolute Gasteiger partial charge is 0.368 e. The lowest BCUT2D eigenvalue weighted by molar-refractivity contribution is -0.126. The van der Waals surface area contributed by atoms with E-state index >= 15 is 0 Å². The molecule has 1 aliphatic heterocycles. The molecule has 0 aromatic heterocycles. The molecule has 1 aliphatic rings. The van der Waals surface area contributed by atoms with Gasteiger partial charge in [-0.2, -0.15) is 0 Å². The van der Waals surface area contributed by atoms with Gasteiger partial charge in [-0.1, -0.05) is 35.9 Å². The lowest BCUT2D eigenvalue weighted by Crippen LogP contribution is -2.48. The topological polar surface area (TPSA) is 72.9 Å². The molecule has 158 valence electrons. The molecule has 3 rings (SSSR count). The monoisotopic (exact) mass is 447 g/mol. The fraction of sp³-hybridized carbons (Fsp3) is 0.182. The molecule has 0 aliphatic carbocycles. The van der Waals surface area contributed by atoms with E-state index in [0.717, 1.165) is 29.9 Å². The van der Waals surface area contributed by atoms with Gasteiger partial charge in [-0.05, 0) is 47.5 Å². The summed E-state index contributed by atoms with van der Waals surface area (Å²) in [4.78, 5) is 27.6. The maximum Gasteiger partial charge on any atom is 0.267 e. The zero-order valence-electron chi connectivity index (χ0n) is 16.2. The van der Waals surface area contributed by atoms with E-state index in [1.165, 1.54) is 6.08 Å². The number of nitrogens with zero attached hydrogens (tertiary/aromatic N) is 2. The molecule has 1 heterocycles. The van der Waals surface area contributed by atoms with Crippen molar-refractivity contribution in [1.29, 1.82) is 0 Å². The van der Waals surface area contributed by atoms with Gasteiger partial charge in [-0.15, -0.1) is 12.4 Å². The molecule has 0 saturated carbocycles. The van der Waals surface area contributed by atoms with E-state index in [4.69, 9.17) is 16.8 Å². The number of amides is 2. The van der Waals surface area contributed by atoms with Gasteiger partial charge in [0.05, 0.1) is 0 Å². The first-order valence-electron chi connectivity index (χ1n) is 9.25. The van der Waals surface area contributed by atoms with E-state index in [0.29, 0.717) is 18.1 Å². The highest BCUT2D eigenvalue weighted by atomic mass is 35.5. The Bertz CT molecular complexity index is 939. The predicted molar refractivity (Wildman–Crippen MR) is 122 cm³/mol. The molecular weight excluding hydrogens is 425 g/mol. The Morgan fingerprint density at radius 1 is 0.933 bits per heavy atom. The Labute approximate surface area is 186 Å². The molecule has 1 fully saturated rings. The Balaban J connectivity index is 0.00000320. The second kappa shape index (κ2) is 11.4. The van der Waals surface area contributed by atoms with Gasteiger partial charge in [-0.3, -0.25) is 14.8 Å². The third kappa shape index (κ3) is 6.62. The molecule has 30 heavy (non-hydrogen) atoms. The average Bonchev–Trinajstić information content (AvgIpc) is 2.76. The van der Waals surface area contributed by atoms with E-state index in [-0.39, 0.29) is 18.3 Å². The first-order valence-corrected chi connectivity index (χ1v) is 9.63. The molecule has 0 bridgehead atoms. The number of carbonyl (C=O) groups excluding carboxylic acids is 2. The van der Waals surface area contributed by atoms with Crippen molar-refractivity contribution in [2.24, 2.45) is 0 Å². The van der Waals surface area contributed by atoms with Crippen LogP contribution in [-0.2, 0) is 9.59 Å². The van der Waals surface area contributed by atoms with Crippen LogP contribution >= 0.6 is 24.0 Å². The highest BCUT2D eigenvalue weighted by molar-refractivity contribution is 6.30. The average molecular weight is 448 g/mol. The first-order chi connectivity index (χ1) is 14.0. The molecular formula is C22H23Cl2N3O3. The second-order valence-electron chi connectivity index (χ2n) is 6.61. The molecule has 0 radical (unpaired) electrons. The van der Waals surface area contributed by atoms with Crippen LogP contribution in [0.15, 0.2) is 60.7 Å². The number of piperazine rings is 1. The third-order valence-corrected chi connectivity index (χ3v) is 4.87. The smallest absolute Gasteiger partial charge is 0.267 e. The number of hydroxylamine groups is 1.